The molecule has 25 heavy (non-hydrogen) atoms. The highest BCUT2D eigenvalue weighted by Crippen LogP contribution is 2.32. The minimum Gasteiger partial charge on any atom is -0.482 e. The van der Waals surface area contributed by atoms with Crippen LogP contribution >= 0.6 is 11.6 Å². The average molecular weight is 372 g/mol. The third-order valence-electron chi connectivity index (χ3n) is 3.53. The second-order valence-corrected chi connectivity index (χ2v) is 5.89. The molecule has 8 heteroatoms. The van der Waals surface area contributed by atoms with Crippen molar-refractivity contribution in [3.8, 4) is 11.5 Å². The Morgan fingerprint density at radius 3 is 2.80 bits per heavy atom. The summed E-state index contributed by atoms with van der Waals surface area (Å²) in [6, 6.07) is 11.0. The van der Waals surface area contributed by atoms with E-state index in [0.29, 0.717) is 17.2 Å². The van der Waals surface area contributed by atoms with Crippen LogP contribution in [0.25, 0.3) is 0 Å². The van der Waals surface area contributed by atoms with Crippen LogP contribution in [-0.2, 0) is 11.2 Å². The van der Waals surface area contributed by atoms with Gasteiger partial charge in [-0.3, -0.25) is 4.79 Å². The minimum absolute atomic E-state index is 0.0632. The van der Waals surface area contributed by atoms with Crippen LogP contribution in [0, 0.1) is 0 Å². The molecule has 0 aromatic heterocycles. The lowest BCUT2D eigenvalue weighted by molar-refractivity contribution is -0.153. The van der Waals surface area contributed by atoms with Crippen LogP contribution in [0.3, 0.4) is 0 Å². The number of ether oxygens (including phenoxy) is 2. The molecule has 2 aromatic rings. The van der Waals surface area contributed by atoms with E-state index in [1.807, 2.05) is 0 Å². The highest BCUT2D eigenvalue weighted by atomic mass is 35.5. The summed E-state index contributed by atoms with van der Waals surface area (Å²) >= 11 is 5.91. The molecule has 1 heterocycles. The molecule has 1 N–H and O–H groups in total. The van der Waals surface area contributed by atoms with Crippen molar-refractivity contribution >= 4 is 23.2 Å². The van der Waals surface area contributed by atoms with Crippen LogP contribution < -0.4 is 14.8 Å². The number of para-hydroxylation sites is 2. The molecule has 0 saturated heterocycles. The Morgan fingerprint density at radius 2 is 2.04 bits per heavy atom. The van der Waals surface area contributed by atoms with Crippen molar-refractivity contribution in [2.45, 2.75) is 18.7 Å². The normalized spacial score (nSPS) is 16.1. The molecule has 4 nitrogen and oxygen atoms in total. The summed E-state index contributed by atoms with van der Waals surface area (Å²) in [5.41, 5.74) is 0.948. The SMILES string of the molecule is O=C(Nc1ccccc1OCC(F)(F)F)C1Cc2cc(Cl)ccc2O1. The Morgan fingerprint density at radius 1 is 1.28 bits per heavy atom. The molecular weight excluding hydrogens is 359 g/mol. The minimum atomic E-state index is -4.47. The molecule has 1 amide bonds. The Bertz CT molecular complexity index is 795. The summed E-state index contributed by atoms with van der Waals surface area (Å²) in [5.74, 6) is 0.0215. The Labute approximate surface area is 146 Å². The number of anilines is 1. The van der Waals surface area contributed by atoms with E-state index in [2.05, 4.69) is 5.32 Å². The zero-order valence-corrected chi connectivity index (χ0v) is 13.5. The predicted molar refractivity (Wildman–Crippen MR) is 86.2 cm³/mol. The Balaban J connectivity index is 1.68. The van der Waals surface area contributed by atoms with Gasteiger partial charge in [0.2, 0.25) is 0 Å². The van der Waals surface area contributed by atoms with Crippen LogP contribution in [0.2, 0.25) is 5.02 Å². The number of hydrogen-bond acceptors (Lipinski definition) is 3. The maximum Gasteiger partial charge on any atom is 0.422 e. The van der Waals surface area contributed by atoms with Gasteiger partial charge in [0.25, 0.3) is 5.91 Å². The molecule has 0 bridgehead atoms. The molecule has 3 rings (SSSR count). The number of alkyl halides is 3. The van der Waals surface area contributed by atoms with E-state index in [1.165, 1.54) is 18.2 Å². The summed E-state index contributed by atoms with van der Waals surface area (Å²) in [7, 11) is 0. The van der Waals surface area contributed by atoms with Crippen molar-refractivity contribution in [1.29, 1.82) is 0 Å². The van der Waals surface area contributed by atoms with Crippen LogP contribution in [0.5, 0.6) is 11.5 Å². The number of fused-ring (bicyclic) bond motifs is 1. The molecule has 0 fully saturated rings. The van der Waals surface area contributed by atoms with Crippen LogP contribution in [0.4, 0.5) is 18.9 Å². The van der Waals surface area contributed by atoms with Gasteiger partial charge in [0.15, 0.2) is 12.7 Å². The lowest BCUT2D eigenvalue weighted by Crippen LogP contribution is -2.31. The zero-order valence-electron chi connectivity index (χ0n) is 12.8. The van der Waals surface area contributed by atoms with Gasteiger partial charge in [-0.1, -0.05) is 23.7 Å². The summed E-state index contributed by atoms with van der Waals surface area (Å²) in [6.07, 6.45) is -4.93. The second-order valence-electron chi connectivity index (χ2n) is 5.45. The molecule has 2 aromatic carbocycles. The molecular formula is C17H13ClF3NO3. The number of benzene rings is 2. The van der Waals surface area contributed by atoms with E-state index < -0.39 is 24.8 Å². The first-order valence-corrected chi connectivity index (χ1v) is 7.74. The van der Waals surface area contributed by atoms with Crippen LogP contribution in [0.15, 0.2) is 42.5 Å². The first-order valence-electron chi connectivity index (χ1n) is 7.36. The standard InChI is InChI=1S/C17H13ClF3NO3/c18-11-5-6-13-10(7-11)8-15(25-13)16(23)22-12-3-1-2-4-14(12)24-9-17(19,20)21/h1-7,15H,8-9H2,(H,22,23). The van der Waals surface area contributed by atoms with Crippen molar-refractivity contribution in [3.63, 3.8) is 0 Å². The van der Waals surface area contributed by atoms with Gasteiger partial charge in [0.05, 0.1) is 5.69 Å². The summed E-state index contributed by atoms with van der Waals surface area (Å²) in [4.78, 5) is 12.4. The van der Waals surface area contributed by atoms with Gasteiger partial charge in [-0.25, -0.2) is 0 Å². The largest absolute Gasteiger partial charge is 0.482 e. The number of hydrogen-bond donors (Lipinski definition) is 1. The smallest absolute Gasteiger partial charge is 0.422 e. The van der Waals surface area contributed by atoms with Crippen LogP contribution in [-0.4, -0.2) is 24.8 Å². The van der Waals surface area contributed by atoms with Crippen molar-refractivity contribution in [3.05, 3.63) is 53.1 Å². The lowest BCUT2D eigenvalue weighted by atomic mass is 10.1. The van der Waals surface area contributed by atoms with Crippen molar-refractivity contribution in [2.75, 3.05) is 11.9 Å². The van der Waals surface area contributed by atoms with Gasteiger partial charge < -0.3 is 14.8 Å². The van der Waals surface area contributed by atoms with Gasteiger partial charge >= 0.3 is 6.18 Å². The first kappa shape index (κ1) is 17.4. The van der Waals surface area contributed by atoms with E-state index >= 15 is 0 Å². The van der Waals surface area contributed by atoms with E-state index in [0.717, 1.165) is 5.56 Å². The number of carbonyl (C=O) groups is 1. The van der Waals surface area contributed by atoms with Crippen molar-refractivity contribution in [2.24, 2.45) is 0 Å². The zero-order chi connectivity index (χ0) is 18.0. The monoisotopic (exact) mass is 371 g/mol. The quantitative estimate of drug-likeness (QED) is 0.875. The molecule has 0 aliphatic carbocycles. The fraction of sp³-hybridized carbons (Fsp3) is 0.235. The molecule has 1 atom stereocenters. The number of halogens is 4. The summed E-state index contributed by atoms with van der Waals surface area (Å²) in [6.45, 7) is -1.44. The first-order chi connectivity index (χ1) is 11.8. The van der Waals surface area contributed by atoms with E-state index in [9.17, 15) is 18.0 Å². The second kappa shape index (κ2) is 6.84. The topological polar surface area (TPSA) is 47.6 Å². The van der Waals surface area contributed by atoms with Gasteiger partial charge in [-0.15, -0.1) is 0 Å². The molecule has 132 valence electrons. The number of nitrogens with one attached hydrogen (secondary N) is 1. The van der Waals surface area contributed by atoms with Gasteiger partial charge in [0.1, 0.15) is 11.5 Å². The lowest BCUT2D eigenvalue weighted by Gasteiger charge is -2.15. The van der Waals surface area contributed by atoms with E-state index in [4.69, 9.17) is 21.1 Å². The highest BCUT2D eigenvalue weighted by molar-refractivity contribution is 6.30. The molecule has 1 aliphatic rings. The highest BCUT2D eigenvalue weighted by Gasteiger charge is 2.31. The summed E-state index contributed by atoms with van der Waals surface area (Å²) in [5, 5.41) is 3.09. The van der Waals surface area contributed by atoms with Gasteiger partial charge in [-0.05, 0) is 35.9 Å². The molecule has 0 spiro atoms. The predicted octanol–water partition coefficient (Wildman–Crippen LogP) is 4.22. The number of carbonyl (C=O) groups excluding carboxylic acids is 1. The Hall–Kier alpha value is -2.41. The molecule has 1 aliphatic heterocycles. The maximum absolute atomic E-state index is 12.4. The Kier molecular flexibility index (Phi) is 4.76. The third-order valence-corrected chi connectivity index (χ3v) is 3.76. The molecule has 0 saturated carbocycles. The fourth-order valence-corrected chi connectivity index (χ4v) is 2.63. The third kappa shape index (κ3) is 4.36. The van der Waals surface area contributed by atoms with Gasteiger partial charge in [-0.2, -0.15) is 13.2 Å². The maximum atomic E-state index is 12.4. The van der Waals surface area contributed by atoms with Crippen LogP contribution in [0.1, 0.15) is 5.56 Å². The van der Waals surface area contributed by atoms with Crippen molar-refractivity contribution < 1.29 is 27.4 Å². The van der Waals surface area contributed by atoms with Gasteiger partial charge in [0, 0.05) is 11.4 Å². The summed E-state index contributed by atoms with van der Waals surface area (Å²) < 4.78 is 47.3. The molecule has 0 radical (unpaired) electrons. The van der Waals surface area contributed by atoms with E-state index in [1.54, 1.807) is 24.3 Å². The van der Waals surface area contributed by atoms with E-state index in [-0.39, 0.29) is 11.4 Å². The fourth-order valence-electron chi connectivity index (χ4n) is 2.43. The number of rotatable bonds is 4. The molecule has 1 unspecified atom stereocenters. The average Bonchev–Trinajstić information content (AvgIpc) is 2.96. The van der Waals surface area contributed by atoms with Crippen molar-refractivity contribution in [1.82, 2.24) is 0 Å². The number of amides is 1.